The molecule has 2 heterocycles. The van der Waals surface area contributed by atoms with E-state index in [2.05, 4.69) is 16.5 Å². The van der Waals surface area contributed by atoms with Gasteiger partial charge >= 0.3 is 0 Å². The van der Waals surface area contributed by atoms with E-state index < -0.39 is 10.2 Å². The molecule has 0 radical (unpaired) electrons. The Morgan fingerprint density at radius 3 is 2.52 bits per heavy atom. The minimum absolute atomic E-state index is 0.0930. The van der Waals surface area contributed by atoms with Gasteiger partial charge in [0, 0.05) is 25.7 Å². The molecule has 2 atom stereocenters. The first kappa shape index (κ1) is 17.1. The number of piperidine rings is 1. The smallest absolute Gasteiger partial charge is 0.279 e. The molecular weight excluding hydrogens is 290 g/mol. The van der Waals surface area contributed by atoms with Crippen LogP contribution in [0, 0.1) is 5.92 Å². The SMILES string of the molecule is CC(CNS(=O)(=O)N1CCCCC1CO)CN1CCCC1. The highest BCUT2D eigenvalue weighted by Gasteiger charge is 2.31. The van der Waals surface area contributed by atoms with Gasteiger partial charge in [-0.2, -0.15) is 12.7 Å². The molecular formula is C14H29N3O3S. The van der Waals surface area contributed by atoms with Crippen molar-refractivity contribution in [2.75, 3.05) is 39.3 Å². The van der Waals surface area contributed by atoms with Crippen molar-refractivity contribution in [1.82, 2.24) is 13.9 Å². The van der Waals surface area contributed by atoms with Crippen molar-refractivity contribution < 1.29 is 13.5 Å². The van der Waals surface area contributed by atoms with Gasteiger partial charge in [-0.05, 0) is 44.7 Å². The molecule has 0 aliphatic carbocycles. The Bertz CT molecular complexity index is 410. The maximum absolute atomic E-state index is 12.4. The Morgan fingerprint density at radius 2 is 1.86 bits per heavy atom. The molecule has 7 heteroatoms. The lowest BCUT2D eigenvalue weighted by molar-refractivity contribution is 0.153. The van der Waals surface area contributed by atoms with Crippen molar-refractivity contribution in [3.05, 3.63) is 0 Å². The first-order valence-electron chi connectivity index (χ1n) is 8.12. The molecule has 0 saturated carbocycles. The second kappa shape index (κ2) is 7.87. The van der Waals surface area contributed by atoms with Crippen LogP contribution in [0.15, 0.2) is 0 Å². The molecule has 0 bridgehead atoms. The van der Waals surface area contributed by atoms with Crippen LogP contribution in [0.3, 0.4) is 0 Å². The van der Waals surface area contributed by atoms with E-state index in [1.54, 1.807) is 0 Å². The van der Waals surface area contributed by atoms with Gasteiger partial charge in [0.25, 0.3) is 10.2 Å². The monoisotopic (exact) mass is 319 g/mol. The lowest BCUT2D eigenvalue weighted by Crippen LogP contribution is -2.51. The molecule has 0 aromatic rings. The maximum Gasteiger partial charge on any atom is 0.279 e. The number of aliphatic hydroxyl groups is 1. The van der Waals surface area contributed by atoms with Crippen LogP contribution in [-0.4, -0.2) is 68.1 Å². The van der Waals surface area contributed by atoms with Crippen molar-refractivity contribution in [3.63, 3.8) is 0 Å². The average molecular weight is 319 g/mol. The maximum atomic E-state index is 12.4. The fraction of sp³-hybridized carbons (Fsp3) is 1.00. The van der Waals surface area contributed by atoms with Gasteiger partial charge in [-0.15, -0.1) is 0 Å². The largest absolute Gasteiger partial charge is 0.395 e. The van der Waals surface area contributed by atoms with Gasteiger partial charge in [-0.3, -0.25) is 0 Å². The Hall–Kier alpha value is -0.210. The molecule has 0 aromatic heterocycles. The van der Waals surface area contributed by atoms with E-state index in [1.165, 1.54) is 17.1 Å². The van der Waals surface area contributed by atoms with Crippen molar-refractivity contribution in [1.29, 1.82) is 0 Å². The van der Waals surface area contributed by atoms with E-state index in [0.717, 1.165) is 38.9 Å². The van der Waals surface area contributed by atoms with Gasteiger partial charge < -0.3 is 10.0 Å². The van der Waals surface area contributed by atoms with Crippen molar-refractivity contribution >= 4 is 10.2 Å². The molecule has 2 aliphatic rings. The quantitative estimate of drug-likeness (QED) is 0.712. The zero-order chi connectivity index (χ0) is 15.3. The van der Waals surface area contributed by atoms with Gasteiger partial charge in [0.2, 0.25) is 0 Å². The minimum atomic E-state index is -3.47. The number of likely N-dealkylation sites (tertiary alicyclic amines) is 1. The number of aliphatic hydroxyl groups excluding tert-OH is 1. The Morgan fingerprint density at radius 1 is 1.19 bits per heavy atom. The Kier molecular flexibility index (Phi) is 6.43. The molecule has 2 aliphatic heterocycles. The molecule has 0 spiro atoms. The van der Waals surface area contributed by atoms with Crippen LogP contribution in [0.4, 0.5) is 0 Å². The highest BCUT2D eigenvalue weighted by atomic mass is 32.2. The second-order valence-electron chi connectivity index (χ2n) is 6.41. The van der Waals surface area contributed by atoms with E-state index in [4.69, 9.17) is 0 Å². The third kappa shape index (κ3) is 4.89. The highest BCUT2D eigenvalue weighted by molar-refractivity contribution is 7.87. The summed E-state index contributed by atoms with van der Waals surface area (Å²) in [6, 6.07) is -0.259. The van der Waals surface area contributed by atoms with Gasteiger partial charge in [-0.1, -0.05) is 13.3 Å². The fourth-order valence-electron chi connectivity index (χ4n) is 3.27. The topological polar surface area (TPSA) is 72.9 Å². The predicted molar refractivity (Wildman–Crippen MR) is 83.2 cm³/mol. The van der Waals surface area contributed by atoms with E-state index in [0.29, 0.717) is 19.0 Å². The highest BCUT2D eigenvalue weighted by Crippen LogP contribution is 2.19. The number of hydrogen-bond donors (Lipinski definition) is 2. The molecule has 2 rings (SSSR count). The molecule has 0 aromatic carbocycles. The number of rotatable bonds is 7. The van der Waals surface area contributed by atoms with E-state index >= 15 is 0 Å². The Balaban J connectivity index is 1.82. The summed E-state index contributed by atoms with van der Waals surface area (Å²) in [5, 5.41) is 9.35. The van der Waals surface area contributed by atoms with Gasteiger partial charge in [-0.25, -0.2) is 4.72 Å². The minimum Gasteiger partial charge on any atom is -0.395 e. The summed E-state index contributed by atoms with van der Waals surface area (Å²) in [7, 11) is -3.47. The van der Waals surface area contributed by atoms with Crippen molar-refractivity contribution in [2.45, 2.75) is 45.1 Å². The van der Waals surface area contributed by atoms with Crippen LogP contribution < -0.4 is 4.72 Å². The van der Waals surface area contributed by atoms with E-state index in [1.807, 2.05) is 0 Å². The predicted octanol–water partition coefficient (Wildman–Crippen LogP) is 0.400. The average Bonchev–Trinajstić information content (AvgIpc) is 2.98. The van der Waals surface area contributed by atoms with Crippen LogP contribution in [-0.2, 0) is 10.2 Å². The third-order valence-electron chi connectivity index (χ3n) is 4.48. The van der Waals surface area contributed by atoms with Crippen LogP contribution in [0.25, 0.3) is 0 Å². The number of nitrogens with one attached hydrogen (secondary N) is 1. The standard InChI is InChI=1S/C14H29N3O3S/c1-13(11-16-7-4-5-8-16)10-15-21(19,20)17-9-3-2-6-14(17)12-18/h13-15,18H,2-12H2,1H3. The number of nitrogens with zero attached hydrogens (tertiary/aromatic N) is 2. The number of hydrogen-bond acceptors (Lipinski definition) is 4. The first-order chi connectivity index (χ1) is 10.0. The van der Waals surface area contributed by atoms with Gasteiger partial charge in [0.15, 0.2) is 0 Å². The van der Waals surface area contributed by atoms with Crippen molar-refractivity contribution in [2.24, 2.45) is 5.92 Å². The lowest BCUT2D eigenvalue weighted by atomic mass is 10.1. The normalized spacial score (nSPS) is 27.0. The summed E-state index contributed by atoms with van der Waals surface area (Å²) in [6.07, 6.45) is 5.12. The molecule has 6 nitrogen and oxygen atoms in total. The zero-order valence-corrected chi connectivity index (χ0v) is 13.8. The fourth-order valence-corrected chi connectivity index (χ4v) is 4.87. The summed E-state index contributed by atoms with van der Waals surface area (Å²) in [5.41, 5.74) is 0. The summed E-state index contributed by atoms with van der Waals surface area (Å²) >= 11 is 0. The van der Waals surface area contributed by atoms with E-state index in [9.17, 15) is 13.5 Å². The summed E-state index contributed by atoms with van der Waals surface area (Å²) in [4.78, 5) is 2.40. The van der Waals surface area contributed by atoms with Gasteiger partial charge in [0.05, 0.1) is 6.61 Å². The van der Waals surface area contributed by atoms with Crippen LogP contribution >= 0.6 is 0 Å². The van der Waals surface area contributed by atoms with Crippen molar-refractivity contribution in [3.8, 4) is 0 Å². The second-order valence-corrected chi connectivity index (χ2v) is 8.12. The zero-order valence-electron chi connectivity index (χ0n) is 13.0. The molecule has 21 heavy (non-hydrogen) atoms. The third-order valence-corrected chi connectivity index (χ3v) is 6.10. The molecule has 124 valence electrons. The van der Waals surface area contributed by atoms with Crippen LogP contribution in [0.2, 0.25) is 0 Å². The van der Waals surface area contributed by atoms with E-state index in [-0.39, 0.29) is 12.6 Å². The van der Waals surface area contributed by atoms with Gasteiger partial charge in [0.1, 0.15) is 0 Å². The molecule has 2 unspecified atom stereocenters. The molecule has 2 fully saturated rings. The summed E-state index contributed by atoms with van der Waals surface area (Å²) < 4.78 is 28.9. The molecule has 2 saturated heterocycles. The first-order valence-corrected chi connectivity index (χ1v) is 9.56. The Labute approximate surface area is 128 Å². The lowest BCUT2D eigenvalue weighted by Gasteiger charge is -2.33. The van der Waals surface area contributed by atoms with Crippen LogP contribution in [0.5, 0.6) is 0 Å². The summed E-state index contributed by atoms with van der Waals surface area (Å²) in [5.74, 6) is 0.301. The molecule has 0 amide bonds. The summed E-state index contributed by atoms with van der Waals surface area (Å²) in [6.45, 7) is 6.19. The molecule has 2 N–H and O–H groups in total. The van der Waals surface area contributed by atoms with Crippen LogP contribution in [0.1, 0.15) is 39.0 Å².